The van der Waals surface area contributed by atoms with Crippen molar-refractivity contribution in [3.63, 3.8) is 0 Å². The molecule has 6 nitrogen and oxygen atoms in total. The van der Waals surface area contributed by atoms with Gasteiger partial charge in [-0.1, -0.05) is 59.3 Å². The molecule has 4 rings (SSSR count). The van der Waals surface area contributed by atoms with Crippen LogP contribution in [0.2, 0.25) is 0 Å². The Morgan fingerprint density at radius 3 is 2.30 bits per heavy atom. The first-order valence-electron chi connectivity index (χ1n) is 9.78. The maximum absolute atomic E-state index is 13.4. The summed E-state index contributed by atoms with van der Waals surface area (Å²) in [6, 6.07) is 23.2. The second-order valence-corrected chi connectivity index (χ2v) is 7.25. The summed E-state index contributed by atoms with van der Waals surface area (Å²) in [7, 11) is 1.78. The van der Waals surface area contributed by atoms with Gasteiger partial charge in [-0.25, -0.2) is 4.68 Å². The highest BCUT2D eigenvalue weighted by Gasteiger charge is 2.28. The van der Waals surface area contributed by atoms with E-state index >= 15 is 0 Å². The Hall–Kier alpha value is -3.80. The number of rotatable bonds is 5. The lowest BCUT2D eigenvalue weighted by Gasteiger charge is -2.28. The summed E-state index contributed by atoms with van der Waals surface area (Å²) in [6.45, 7) is 3.89. The van der Waals surface area contributed by atoms with Crippen molar-refractivity contribution < 1.29 is 4.79 Å². The molecule has 150 valence electrons. The van der Waals surface area contributed by atoms with Gasteiger partial charge in [0.25, 0.3) is 5.91 Å². The van der Waals surface area contributed by atoms with E-state index in [9.17, 15) is 4.79 Å². The van der Waals surface area contributed by atoms with Crippen LogP contribution in [0.3, 0.4) is 0 Å². The highest BCUT2D eigenvalue weighted by Crippen LogP contribution is 2.27. The summed E-state index contributed by atoms with van der Waals surface area (Å²) in [5.74, 6) is -0.203. The Bertz CT molecular complexity index is 1100. The number of nitrogens with zero attached hydrogens (tertiary/aromatic N) is 5. The third kappa shape index (κ3) is 3.72. The van der Waals surface area contributed by atoms with Gasteiger partial charge in [0.15, 0.2) is 5.69 Å². The minimum Gasteiger partial charge on any atom is -0.328 e. The number of carbonyl (C=O) groups is 1. The molecule has 2 aromatic heterocycles. The molecule has 0 aliphatic heterocycles. The van der Waals surface area contributed by atoms with Crippen molar-refractivity contribution in [2.75, 3.05) is 7.05 Å². The third-order valence-corrected chi connectivity index (χ3v) is 5.17. The molecule has 0 fully saturated rings. The lowest BCUT2D eigenvalue weighted by molar-refractivity contribution is 0.0746. The maximum atomic E-state index is 13.4. The third-order valence-electron chi connectivity index (χ3n) is 5.17. The fourth-order valence-corrected chi connectivity index (χ4v) is 3.51. The van der Waals surface area contributed by atoms with Crippen LogP contribution in [-0.4, -0.2) is 37.8 Å². The van der Waals surface area contributed by atoms with Gasteiger partial charge in [-0.2, -0.15) is 0 Å². The predicted molar refractivity (Wildman–Crippen MR) is 115 cm³/mol. The van der Waals surface area contributed by atoms with Gasteiger partial charge in [-0.15, -0.1) is 5.10 Å². The lowest BCUT2D eigenvalue weighted by atomic mass is 10.0. The van der Waals surface area contributed by atoms with E-state index in [1.165, 1.54) is 0 Å². The molecule has 1 amide bonds. The Morgan fingerprint density at radius 1 is 0.933 bits per heavy atom. The van der Waals surface area contributed by atoms with Gasteiger partial charge in [0, 0.05) is 13.2 Å². The fraction of sp³-hybridized carbons (Fsp3) is 0.167. The van der Waals surface area contributed by atoms with Crippen molar-refractivity contribution in [2.45, 2.75) is 19.9 Å². The van der Waals surface area contributed by atoms with E-state index in [1.54, 1.807) is 22.8 Å². The minimum atomic E-state index is -0.330. The molecule has 0 saturated heterocycles. The van der Waals surface area contributed by atoms with E-state index in [1.807, 2.05) is 86.6 Å². The summed E-state index contributed by atoms with van der Waals surface area (Å²) in [5.41, 5.74) is 4.84. The summed E-state index contributed by atoms with van der Waals surface area (Å²) in [4.78, 5) is 19.6. The molecule has 6 heteroatoms. The first-order chi connectivity index (χ1) is 14.6. The van der Waals surface area contributed by atoms with Crippen LogP contribution in [0.5, 0.6) is 0 Å². The standard InChI is InChI=1S/C24H23N5O/c1-17-12-14-20(15-13-17)29-18(2)22(26-27-29)24(30)28(3)23(19-9-5-4-6-10-19)21-11-7-8-16-25-21/h4-16,23H,1-3H3. The fourth-order valence-electron chi connectivity index (χ4n) is 3.51. The molecular weight excluding hydrogens is 374 g/mol. The van der Waals surface area contributed by atoms with Gasteiger partial charge in [-0.3, -0.25) is 9.78 Å². The number of carbonyl (C=O) groups excluding carboxylic acids is 1. The second kappa shape index (κ2) is 8.29. The van der Waals surface area contributed by atoms with Crippen LogP contribution < -0.4 is 0 Å². The van der Waals surface area contributed by atoms with Crippen LogP contribution in [0.15, 0.2) is 79.0 Å². The lowest BCUT2D eigenvalue weighted by Crippen LogP contribution is -2.33. The molecule has 0 saturated carbocycles. The van der Waals surface area contributed by atoms with Crippen LogP contribution >= 0.6 is 0 Å². The largest absolute Gasteiger partial charge is 0.328 e. The number of aryl methyl sites for hydroxylation is 1. The number of amides is 1. The molecule has 1 unspecified atom stereocenters. The average molecular weight is 397 g/mol. The quantitative estimate of drug-likeness (QED) is 0.508. The van der Waals surface area contributed by atoms with E-state index in [4.69, 9.17) is 0 Å². The normalized spacial score (nSPS) is 11.8. The van der Waals surface area contributed by atoms with Crippen molar-refractivity contribution in [1.82, 2.24) is 24.9 Å². The Kier molecular flexibility index (Phi) is 5.39. The highest BCUT2D eigenvalue weighted by molar-refractivity contribution is 5.93. The van der Waals surface area contributed by atoms with Gasteiger partial charge >= 0.3 is 0 Å². The number of hydrogen-bond donors (Lipinski definition) is 0. The number of pyridine rings is 1. The zero-order chi connectivity index (χ0) is 21.1. The van der Waals surface area contributed by atoms with Gasteiger partial charge in [0.05, 0.1) is 23.1 Å². The van der Waals surface area contributed by atoms with Crippen molar-refractivity contribution >= 4 is 5.91 Å². The summed E-state index contributed by atoms with van der Waals surface area (Å²) in [6.07, 6.45) is 1.74. The smallest absolute Gasteiger partial charge is 0.276 e. The van der Waals surface area contributed by atoms with Crippen molar-refractivity contribution in [2.24, 2.45) is 0 Å². The van der Waals surface area contributed by atoms with Crippen molar-refractivity contribution in [1.29, 1.82) is 0 Å². The zero-order valence-corrected chi connectivity index (χ0v) is 17.2. The second-order valence-electron chi connectivity index (χ2n) is 7.25. The first kappa shape index (κ1) is 19.5. The van der Waals surface area contributed by atoms with E-state index in [-0.39, 0.29) is 11.9 Å². The van der Waals surface area contributed by atoms with E-state index in [2.05, 4.69) is 15.3 Å². The summed E-state index contributed by atoms with van der Waals surface area (Å²) < 4.78 is 1.69. The Balaban J connectivity index is 1.70. The molecule has 4 aromatic rings. The number of benzene rings is 2. The number of aromatic nitrogens is 4. The van der Waals surface area contributed by atoms with Gasteiger partial charge < -0.3 is 4.90 Å². The van der Waals surface area contributed by atoms with Crippen LogP contribution in [0, 0.1) is 13.8 Å². The predicted octanol–water partition coefficient (Wildman–Crippen LogP) is 4.14. The molecule has 0 spiro atoms. The molecule has 0 bridgehead atoms. The van der Waals surface area contributed by atoms with Crippen LogP contribution in [0.1, 0.15) is 39.0 Å². The SMILES string of the molecule is Cc1ccc(-n2nnc(C(=O)N(C)C(c3ccccc3)c3ccccn3)c2C)cc1. The maximum Gasteiger partial charge on any atom is 0.276 e. The van der Waals surface area contributed by atoms with E-state index < -0.39 is 0 Å². The average Bonchev–Trinajstić information content (AvgIpc) is 3.16. The summed E-state index contributed by atoms with van der Waals surface area (Å²) >= 11 is 0. The monoisotopic (exact) mass is 397 g/mol. The molecule has 0 aliphatic rings. The Labute approximate surface area is 175 Å². The van der Waals surface area contributed by atoms with Crippen molar-refractivity contribution in [3.8, 4) is 5.69 Å². The molecule has 0 aliphatic carbocycles. The topological polar surface area (TPSA) is 63.9 Å². The molecule has 0 N–H and O–H groups in total. The molecule has 0 radical (unpaired) electrons. The minimum absolute atomic E-state index is 0.203. The highest BCUT2D eigenvalue weighted by atomic mass is 16.2. The number of hydrogen-bond acceptors (Lipinski definition) is 4. The molecule has 30 heavy (non-hydrogen) atoms. The van der Waals surface area contributed by atoms with E-state index in [0.717, 1.165) is 22.5 Å². The first-order valence-corrected chi connectivity index (χ1v) is 9.78. The van der Waals surface area contributed by atoms with Crippen LogP contribution in [0.25, 0.3) is 5.69 Å². The molecule has 1 atom stereocenters. The molecule has 2 aromatic carbocycles. The van der Waals surface area contributed by atoms with Crippen LogP contribution in [-0.2, 0) is 0 Å². The van der Waals surface area contributed by atoms with Gasteiger partial charge in [-0.05, 0) is 43.7 Å². The van der Waals surface area contributed by atoms with Gasteiger partial charge in [0.2, 0.25) is 0 Å². The molecular formula is C24H23N5O. The summed E-state index contributed by atoms with van der Waals surface area (Å²) in [5, 5.41) is 8.43. The van der Waals surface area contributed by atoms with Crippen LogP contribution in [0.4, 0.5) is 0 Å². The van der Waals surface area contributed by atoms with Crippen molar-refractivity contribution in [3.05, 3.63) is 107 Å². The van der Waals surface area contributed by atoms with E-state index in [0.29, 0.717) is 11.4 Å². The zero-order valence-electron chi connectivity index (χ0n) is 17.2. The Morgan fingerprint density at radius 2 is 1.63 bits per heavy atom. The van der Waals surface area contributed by atoms with Gasteiger partial charge in [0.1, 0.15) is 0 Å². The molecule has 2 heterocycles.